The first kappa shape index (κ1) is 10.8. The number of halogens is 4. The molecule has 0 heterocycles. The van der Waals surface area contributed by atoms with Crippen LogP contribution in [0.2, 0.25) is 0 Å². The summed E-state index contributed by atoms with van der Waals surface area (Å²) in [5.41, 5.74) is 0. The van der Waals surface area contributed by atoms with E-state index in [1.165, 1.54) is 0 Å². The fraction of sp³-hybridized carbons (Fsp3) is 1.00. The van der Waals surface area contributed by atoms with E-state index >= 15 is 0 Å². The molecule has 0 saturated heterocycles. The largest absolute Gasteiger partial charge is 0.844 e. The summed E-state index contributed by atoms with van der Waals surface area (Å²) in [5, 5.41) is 7.57. The van der Waals surface area contributed by atoms with Gasteiger partial charge in [0.05, 0.1) is 0 Å². The van der Waals surface area contributed by atoms with Crippen molar-refractivity contribution in [1.82, 2.24) is 0 Å². The highest BCUT2D eigenvalue weighted by Crippen LogP contribution is 2.06. The highest BCUT2D eigenvalue weighted by molar-refractivity contribution is 6.50. The van der Waals surface area contributed by atoms with Crippen molar-refractivity contribution in [3.63, 3.8) is 0 Å². The zero-order chi connectivity index (χ0) is 7.21. The van der Waals surface area contributed by atoms with Crippen LogP contribution in [0, 0.1) is 0 Å². The molecule has 0 aromatic heterocycles. The maximum atomic E-state index is 9.83. The van der Waals surface area contributed by atoms with Gasteiger partial charge in [0.2, 0.25) is 0 Å². The van der Waals surface area contributed by atoms with Crippen LogP contribution < -0.4 is 0 Å². The molecular formula is C2H6F4OSi. The van der Waals surface area contributed by atoms with E-state index in [1.54, 1.807) is 6.92 Å². The second-order valence-corrected chi connectivity index (χ2v) is 1.60. The van der Waals surface area contributed by atoms with Crippen molar-refractivity contribution < 1.29 is 21.5 Å². The molecule has 0 atom stereocenters. The minimum Gasteiger partial charge on any atom is -0.397 e. The second kappa shape index (κ2) is 5.04. The predicted octanol–water partition coefficient (Wildman–Crippen LogP) is 1.30. The van der Waals surface area contributed by atoms with Gasteiger partial charge in [-0.2, -0.15) is 0 Å². The van der Waals surface area contributed by atoms with Crippen molar-refractivity contribution in [2.45, 2.75) is 6.92 Å². The maximum absolute atomic E-state index is 9.83. The van der Waals surface area contributed by atoms with Crippen LogP contribution in [-0.2, 0) is 0 Å². The monoisotopic (exact) mass is 150 g/mol. The fourth-order valence-electron chi connectivity index (χ4n) is 0. The molecule has 0 aliphatic carbocycles. The number of aliphatic hydroxyl groups excluding tert-OH is 1. The molecule has 0 aromatic carbocycles. The lowest BCUT2D eigenvalue weighted by molar-refractivity contribution is 0.318. The molecule has 0 aromatic rings. The fourth-order valence-corrected chi connectivity index (χ4v) is 0. The van der Waals surface area contributed by atoms with Crippen molar-refractivity contribution in [3.05, 3.63) is 0 Å². The molecule has 0 amide bonds. The van der Waals surface area contributed by atoms with Gasteiger partial charge in [-0.25, -0.2) is 16.4 Å². The SMILES string of the molecule is CCO.F[Si](F)(F)F. The second-order valence-electron chi connectivity index (χ2n) is 0.745. The molecule has 1 nitrogen and oxygen atoms in total. The van der Waals surface area contributed by atoms with Gasteiger partial charge in [0.15, 0.2) is 0 Å². The normalized spacial score (nSPS) is 9.75. The van der Waals surface area contributed by atoms with Gasteiger partial charge in [-0.3, -0.25) is 0 Å². The molecule has 8 heavy (non-hydrogen) atoms. The quantitative estimate of drug-likeness (QED) is 0.313. The first-order chi connectivity index (χ1) is 3.41. The Morgan fingerprint density at radius 1 is 1.25 bits per heavy atom. The Morgan fingerprint density at radius 3 is 1.25 bits per heavy atom. The van der Waals surface area contributed by atoms with E-state index in [1.807, 2.05) is 0 Å². The molecule has 0 fully saturated rings. The summed E-state index contributed by atoms with van der Waals surface area (Å²) in [7, 11) is -6.61. The molecule has 0 saturated carbocycles. The lowest BCUT2D eigenvalue weighted by Crippen LogP contribution is -2.02. The van der Waals surface area contributed by atoms with Gasteiger partial charge in [-0.1, -0.05) is 0 Å². The van der Waals surface area contributed by atoms with Gasteiger partial charge >= 0.3 is 9.41 Å². The summed E-state index contributed by atoms with van der Waals surface area (Å²) in [6, 6.07) is 0. The number of hydrogen-bond donors (Lipinski definition) is 1. The van der Waals surface area contributed by atoms with Crippen molar-refractivity contribution in [2.24, 2.45) is 0 Å². The van der Waals surface area contributed by atoms with Gasteiger partial charge in [0.25, 0.3) is 0 Å². The highest BCUT2D eigenvalue weighted by atomic mass is 28.5. The zero-order valence-electron chi connectivity index (χ0n) is 4.17. The van der Waals surface area contributed by atoms with Gasteiger partial charge < -0.3 is 5.11 Å². The maximum Gasteiger partial charge on any atom is 0.844 e. The van der Waals surface area contributed by atoms with E-state index in [2.05, 4.69) is 0 Å². The Morgan fingerprint density at radius 2 is 1.25 bits per heavy atom. The van der Waals surface area contributed by atoms with E-state index in [4.69, 9.17) is 5.11 Å². The predicted molar refractivity (Wildman–Crippen MR) is 22.9 cm³/mol. The first-order valence-corrected chi connectivity index (χ1v) is 3.29. The van der Waals surface area contributed by atoms with Crippen LogP contribution in [0.15, 0.2) is 0 Å². The standard InChI is InChI=1S/C2H6O.F4Si/c1-2-3;1-5(2,3)4/h3H,2H2,1H3;. The van der Waals surface area contributed by atoms with Crippen LogP contribution in [0.25, 0.3) is 0 Å². The van der Waals surface area contributed by atoms with Crippen molar-refractivity contribution >= 4 is 9.41 Å². The number of rotatable bonds is 0. The van der Waals surface area contributed by atoms with Gasteiger partial charge in [-0.15, -0.1) is 0 Å². The van der Waals surface area contributed by atoms with E-state index in [9.17, 15) is 16.4 Å². The van der Waals surface area contributed by atoms with Gasteiger partial charge in [0, 0.05) is 6.61 Å². The summed E-state index contributed by atoms with van der Waals surface area (Å²) in [6.07, 6.45) is 0. The minimum atomic E-state index is -6.61. The molecule has 0 aliphatic heterocycles. The summed E-state index contributed by atoms with van der Waals surface area (Å²) < 4.78 is 39.3. The molecule has 0 spiro atoms. The Labute approximate surface area is 45.6 Å². The summed E-state index contributed by atoms with van der Waals surface area (Å²) in [5.74, 6) is 0. The third-order valence-electron chi connectivity index (χ3n) is 0. The lowest BCUT2D eigenvalue weighted by atomic mass is 10.9. The number of aliphatic hydroxyl groups is 1. The molecule has 0 radical (unpaired) electrons. The van der Waals surface area contributed by atoms with Gasteiger partial charge in [0.1, 0.15) is 0 Å². The summed E-state index contributed by atoms with van der Waals surface area (Å²) in [4.78, 5) is 0. The molecule has 0 unspecified atom stereocenters. The van der Waals surface area contributed by atoms with Crippen molar-refractivity contribution in [1.29, 1.82) is 0 Å². The van der Waals surface area contributed by atoms with E-state index in [-0.39, 0.29) is 6.61 Å². The van der Waals surface area contributed by atoms with Crippen LogP contribution in [0.1, 0.15) is 6.92 Å². The third kappa shape index (κ3) is 13300. The summed E-state index contributed by atoms with van der Waals surface area (Å²) >= 11 is 0. The van der Waals surface area contributed by atoms with Crippen LogP contribution in [-0.4, -0.2) is 21.1 Å². The molecule has 0 rings (SSSR count). The Balaban J connectivity index is 0. The highest BCUT2D eigenvalue weighted by Gasteiger charge is 2.39. The van der Waals surface area contributed by atoms with Gasteiger partial charge in [-0.05, 0) is 6.92 Å². The molecular weight excluding hydrogens is 144 g/mol. The van der Waals surface area contributed by atoms with Crippen LogP contribution in [0.4, 0.5) is 16.4 Å². The van der Waals surface area contributed by atoms with Crippen LogP contribution in [0.5, 0.6) is 0 Å². The molecule has 6 heteroatoms. The smallest absolute Gasteiger partial charge is 0.397 e. The van der Waals surface area contributed by atoms with Crippen LogP contribution >= 0.6 is 0 Å². The van der Waals surface area contributed by atoms with E-state index < -0.39 is 9.41 Å². The Hall–Kier alpha value is -0.103. The minimum absolute atomic E-state index is 0.250. The molecule has 0 bridgehead atoms. The van der Waals surface area contributed by atoms with Crippen molar-refractivity contribution in [3.8, 4) is 0 Å². The number of hydrogen-bond acceptors (Lipinski definition) is 1. The topological polar surface area (TPSA) is 20.2 Å². The summed E-state index contributed by atoms with van der Waals surface area (Å²) in [6.45, 7) is 1.93. The average molecular weight is 150 g/mol. The zero-order valence-corrected chi connectivity index (χ0v) is 5.17. The Kier molecular flexibility index (Phi) is 6.81. The third-order valence-corrected chi connectivity index (χ3v) is 0. The Bertz CT molecular complexity index is 37.8. The molecule has 52 valence electrons. The van der Waals surface area contributed by atoms with Crippen molar-refractivity contribution in [2.75, 3.05) is 6.61 Å². The molecule has 1 N–H and O–H groups in total. The molecule has 0 aliphatic rings. The average Bonchev–Trinajstić information content (AvgIpc) is 1.27. The van der Waals surface area contributed by atoms with E-state index in [0.717, 1.165) is 0 Å². The van der Waals surface area contributed by atoms with E-state index in [0.29, 0.717) is 0 Å². The van der Waals surface area contributed by atoms with Crippen LogP contribution in [0.3, 0.4) is 0 Å². The first-order valence-electron chi connectivity index (χ1n) is 1.78. The lowest BCUT2D eigenvalue weighted by Gasteiger charge is -1.75.